The van der Waals surface area contributed by atoms with Crippen molar-refractivity contribution < 1.29 is 8.42 Å². The molecule has 21 heavy (non-hydrogen) atoms. The van der Waals surface area contributed by atoms with E-state index in [0.717, 1.165) is 17.6 Å². The van der Waals surface area contributed by atoms with Crippen molar-refractivity contribution in [3.05, 3.63) is 57.3 Å². The van der Waals surface area contributed by atoms with Crippen molar-refractivity contribution in [1.29, 1.82) is 5.26 Å². The van der Waals surface area contributed by atoms with Crippen LogP contribution in [-0.2, 0) is 16.3 Å². The van der Waals surface area contributed by atoms with Crippen LogP contribution < -0.4 is 0 Å². The van der Waals surface area contributed by atoms with Crippen LogP contribution >= 0.6 is 11.8 Å². The number of nitriles is 1. The molecular weight excluding hydrogens is 304 g/mol. The predicted molar refractivity (Wildman–Crippen MR) is 85.9 cm³/mol. The van der Waals surface area contributed by atoms with Gasteiger partial charge in [0.1, 0.15) is 11.1 Å². The Balaban J connectivity index is 2.24. The van der Waals surface area contributed by atoms with E-state index < -0.39 is 9.84 Å². The van der Waals surface area contributed by atoms with Crippen LogP contribution in [0.15, 0.2) is 51.8 Å². The molecule has 1 aromatic carbocycles. The fraction of sp³-hybridized carbons (Fsp3) is 0.267. The van der Waals surface area contributed by atoms with Gasteiger partial charge in [0.25, 0.3) is 0 Å². The highest BCUT2D eigenvalue weighted by molar-refractivity contribution is 8.08. The van der Waals surface area contributed by atoms with Crippen molar-refractivity contribution >= 4 is 21.6 Å². The molecule has 110 valence electrons. The Bertz CT molecular complexity index is 716. The van der Waals surface area contributed by atoms with Gasteiger partial charge in [-0.3, -0.25) is 0 Å². The van der Waals surface area contributed by atoms with Crippen molar-refractivity contribution in [2.75, 3.05) is 19.3 Å². The Morgan fingerprint density at radius 2 is 2.10 bits per heavy atom. The summed E-state index contributed by atoms with van der Waals surface area (Å²) in [6.07, 6.45) is 1.86. The minimum Gasteiger partial charge on any atom is -0.359 e. The Morgan fingerprint density at radius 3 is 2.67 bits per heavy atom. The minimum atomic E-state index is -3.52. The molecule has 6 heteroatoms. The second-order valence-electron chi connectivity index (χ2n) is 4.82. The molecule has 0 N–H and O–H groups in total. The minimum absolute atomic E-state index is 0.167. The van der Waals surface area contributed by atoms with Gasteiger partial charge in [0.15, 0.2) is 14.7 Å². The quantitative estimate of drug-likeness (QED) is 0.798. The molecule has 0 bridgehead atoms. The lowest BCUT2D eigenvalue weighted by Gasteiger charge is -2.19. The second kappa shape index (κ2) is 6.37. The van der Waals surface area contributed by atoms with Gasteiger partial charge < -0.3 is 4.90 Å². The molecule has 1 fully saturated rings. The molecule has 2 rings (SSSR count). The van der Waals surface area contributed by atoms with Crippen molar-refractivity contribution in [3.63, 3.8) is 0 Å². The number of thioether (sulfide) groups is 1. The Kier molecular flexibility index (Phi) is 4.76. The van der Waals surface area contributed by atoms with Crippen LogP contribution in [0.25, 0.3) is 0 Å². The number of hydrogen-bond acceptors (Lipinski definition) is 5. The lowest BCUT2D eigenvalue weighted by atomic mass is 10.1. The van der Waals surface area contributed by atoms with Crippen LogP contribution in [0.5, 0.6) is 0 Å². The van der Waals surface area contributed by atoms with Crippen LogP contribution in [0.3, 0.4) is 0 Å². The lowest BCUT2D eigenvalue weighted by Crippen LogP contribution is -2.23. The molecule has 1 aliphatic rings. The Hall–Kier alpha value is -1.71. The number of sulfone groups is 1. The first-order valence-electron chi connectivity index (χ1n) is 6.40. The summed E-state index contributed by atoms with van der Waals surface area (Å²) in [7, 11) is -3.52. The third-order valence-corrected chi connectivity index (χ3v) is 5.30. The standard InChI is InChI=1S/C15H16N2O2S2/c1-12-11-17(9-8-13-6-4-3-5-7-13)15(20-12)14(10-16)21(2,18)19/h3-7H,1,8-9,11H2,2H3/b15-14-. The van der Waals surface area contributed by atoms with Crippen LogP contribution in [0.2, 0.25) is 0 Å². The van der Waals surface area contributed by atoms with Crippen LogP contribution in [0.4, 0.5) is 0 Å². The third-order valence-electron chi connectivity index (χ3n) is 3.08. The molecule has 0 amide bonds. The fourth-order valence-corrected chi connectivity index (χ4v) is 4.20. The van der Waals surface area contributed by atoms with Crippen molar-refractivity contribution in [3.8, 4) is 6.07 Å². The van der Waals surface area contributed by atoms with E-state index in [1.54, 1.807) is 0 Å². The maximum atomic E-state index is 11.7. The lowest BCUT2D eigenvalue weighted by molar-refractivity contribution is 0.416. The summed E-state index contributed by atoms with van der Waals surface area (Å²) >= 11 is 1.28. The van der Waals surface area contributed by atoms with Gasteiger partial charge in [-0.1, -0.05) is 48.7 Å². The maximum Gasteiger partial charge on any atom is 0.188 e. The monoisotopic (exact) mass is 320 g/mol. The highest BCUT2D eigenvalue weighted by Gasteiger charge is 2.28. The van der Waals surface area contributed by atoms with Crippen molar-refractivity contribution in [2.24, 2.45) is 0 Å². The molecule has 1 heterocycles. The summed E-state index contributed by atoms with van der Waals surface area (Å²) in [5.41, 5.74) is 1.18. The molecule has 4 nitrogen and oxygen atoms in total. The van der Waals surface area contributed by atoms with Gasteiger partial charge in [-0.2, -0.15) is 5.26 Å². The molecule has 0 radical (unpaired) electrons. The molecule has 0 aromatic heterocycles. The highest BCUT2D eigenvalue weighted by atomic mass is 32.2. The maximum absolute atomic E-state index is 11.7. The van der Waals surface area contributed by atoms with E-state index in [1.165, 1.54) is 17.3 Å². The van der Waals surface area contributed by atoms with Gasteiger partial charge in [0, 0.05) is 24.3 Å². The molecule has 0 aliphatic carbocycles. The summed E-state index contributed by atoms with van der Waals surface area (Å²) in [4.78, 5) is 2.60. The molecule has 1 aliphatic heterocycles. The zero-order valence-electron chi connectivity index (χ0n) is 11.7. The normalized spacial score (nSPS) is 17.7. The van der Waals surface area contributed by atoms with Crippen LogP contribution in [-0.4, -0.2) is 32.7 Å². The Labute approximate surface area is 129 Å². The second-order valence-corrected chi connectivity index (χ2v) is 7.94. The van der Waals surface area contributed by atoms with Gasteiger partial charge in [0.05, 0.1) is 0 Å². The summed E-state index contributed by atoms with van der Waals surface area (Å²) in [5.74, 6) is 0. The molecule has 0 atom stereocenters. The largest absolute Gasteiger partial charge is 0.359 e. The van der Waals surface area contributed by atoms with Crippen molar-refractivity contribution in [2.45, 2.75) is 6.42 Å². The van der Waals surface area contributed by atoms with Crippen LogP contribution in [0.1, 0.15) is 5.56 Å². The SMILES string of the molecule is C=C1CN(CCc2ccccc2)/C(=C(\C#N)S(C)(=O)=O)S1. The molecule has 1 aromatic rings. The Morgan fingerprint density at radius 1 is 1.43 bits per heavy atom. The van der Waals surface area contributed by atoms with E-state index in [4.69, 9.17) is 5.26 Å². The number of nitrogens with zero attached hydrogens (tertiary/aromatic N) is 2. The van der Waals surface area contributed by atoms with E-state index in [1.807, 2.05) is 41.3 Å². The average Bonchev–Trinajstić information content (AvgIpc) is 2.78. The number of allylic oxidation sites excluding steroid dienone is 1. The first-order valence-corrected chi connectivity index (χ1v) is 9.11. The zero-order chi connectivity index (χ0) is 15.5. The van der Waals surface area contributed by atoms with E-state index in [-0.39, 0.29) is 4.91 Å². The van der Waals surface area contributed by atoms with Gasteiger partial charge in [-0.05, 0) is 12.0 Å². The fourth-order valence-electron chi connectivity index (χ4n) is 2.09. The average molecular weight is 320 g/mol. The van der Waals surface area contributed by atoms with E-state index in [9.17, 15) is 8.42 Å². The third kappa shape index (κ3) is 3.90. The van der Waals surface area contributed by atoms with E-state index >= 15 is 0 Å². The predicted octanol–water partition coefficient (Wildman–Crippen LogP) is 2.53. The smallest absolute Gasteiger partial charge is 0.188 e. The van der Waals surface area contributed by atoms with E-state index in [0.29, 0.717) is 18.1 Å². The number of rotatable bonds is 4. The van der Waals surface area contributed by atoms with Gasteiger partial charge in [-0.25, -0.2) is 8.42 Å². The summed E-state index contributed by atoms with van der Waals surface area (Å²) in [5, 5.41) is 9.66. The molecular formula is C15H16N2O2S2. The summed E-state index contributed by atoms with van der Waals surface area (Å²) in [6, 6.07) is 11.8. The first-order chi connectivity index (χ1) is 9.91. The summed E-state index contributed by atoms with van der Waals surface area (Å²) in [6.45, 7) is 5.13. The molecule has 1 saturated heterocycles. The van der Waals surface area contributed by atoms with Gasteiger partial charge in [0.2, 0.25) is 0 Å². The summed E-state index contributed by atoms with van der Waals surface area (Å²) < 4.78 is 23.5. The molecule has 0 spiro atoms. The van der Waals surface area contributed by atoms with Crippen molar-refractivity contribution in [1.82, 2.24) is 4.90 Å². The van der Waals surface area contributed by atoms with Gasteiger partial charge in [-0.15, -0.1) is 0 Å². The highest BCUT2D eigenvalue weighted by Crippen LogP contribution is 2.39. The molecule has 0 unspecified atom stereocenters. The molecule has 0 saturated carbocycles. The topological polar surface area (TPSA) is 61.2 Å². The van der Waals surface area contributed by atoms with Crippen LogP contribution in [0, 0.1) is 11.3 Å². The number of benzene rings is 1. The van der Waals surface area contributed by atoms with E-state index in [2.05, 4.69) is 6.58 Å². The number of hydrogen-bond donors (Lipinski definition) is 0. The zero-order valence-corrected chi connectivity index (χ0v) is 13.4. The first kappa shape index (κ1) is 15.7. The van der Waals surface area contributed by atoms with Gasteiger partial charge >= 0.3 is 0 Å².